The van der Waals surface area contributed by atoms with Crippen molar-refractivity contribution in [2.24, 2.45) is 0 Å². The Morgan fingerprint density at radius 2 is 2.08 bits per heavy atom. The zero-order chi connectivity index (χ0) is 17.5. The molecule has 1 fully saturated rings. The Hall–Kier alpha value is -2.31. The molecular formula is C19H25ClN4O2. The van der Waals surface area contributed by atoms with Crippen molar-refractivity contribution >= 4 is 29.8 Å². The predicted molar refractivity (Wildman–Crippen MR) is 106 cm³/mol. The van der Waals surface area contributed by atoms with Gasteiger partial charge in [0.1, 0.15) is 11.6 Å². The third-order valence-corrected chi connectivity index (χ3v) is 4.08. The lowest BCUT2D eigenvalue weighted by molar-refractivity contribution is -0.116. The first-order valence-electron chi connectivity index (χ1n) is 8.62. The molecule has 26 heavy (non-hydrogen) atoms. The van der Waals surface area contributed by atoms with Crippen LogP contribution in [0.4, 0.5) is 11.5 Å². The summed E-state index contributed by atoms with van der Waals surface area (Å²) in [7, 11) is 0. The zero-order valence-electron chi connectivity index (χ0n) is 14.9. The maximum absolute atomic E-state index is 12.0. The quantitative estimate of drug-likeness (QED) is 0.811. The summed E-state index contributed by atoms with van der Waals surface area (Å²) in [5.74, 6) is 1.25. The van der Waals surface area contributed by atoms with Gasteiger partial charge in [-0.15, -0.1) is 12.4 Å². The molecule has 1 aromatic heterocycles. The molecule has 0 bridgehead atoms. The van der Waals surface area contributed by atoms with Gasteiger partial charge in [-0.05, 0) is 36.8 Å². The fourth-order valence-corrected chi connectivity index (χ4v) is 2.74. The second-order valence-corrected chi connectivity index (χ2v) is 6.10. The second-order valence-electron chi connectivity index (χ2n) is 6.10. The first-order valence-corrected chi connectivity index (χ1v) is 8.62. The van der Waals surface area contributed by atoms with Crippen molar-refractivity contribution in [1.82, 2.24) is 10.3 Å². The third-order valence-electron chi connectivity index (χ3n) is 4.08. The van der Waals surface area contributed by atoms with Crippen molar-refractivity contribution in [2.75, 3.05) is 43.0 Å². The highest BCUT2D eigenvalue weighted by atomic mass is 35.5. The van der Waals surface area contributed by atoms with Gasteiger partial charge in [0, 0.05) is 26.2 Å². The van der Waals surface area contributed by atoms with E-state index in [1.54, 1.807) is 0 Å². The molecule has 2 aromatic rings. The van der Waals surface area contributed by atoms with Crippen molar-refractivity contribution < 1.29 is 9.53 Å². The predicted octanol–water partition coefficient (Wildman–Crippen LogP) is 2.63. The van der Waals surface area contributed by atoms with Gasteiger partial charge in [-0.1, -0.05) is 12.1 Å². The van der Waals surface area contributed by atoms with Crippen LogP contribution in [-0.2, 0) is 4.79 Å². The Kier molecular flexibility index (Phi) is 7.69. The molecule has 1 aromatic carbocycles. The summed E-state index contributed by atoms with van der Waals surface area (Å²) in [6.45, 7) is 6.27. The number of hydrogen-bond donors (Lipinski definition) is 2. The number of carbonyl (C=O) groups excluding carboxylic acids is 1. The molecule has 2 N–H and O–H groups in total. The van der Waals surface area contributed by atoms with Gasteiger partial charge >= 0.3 is 0 Å². The summed E-state index contributed by atoms with van der Waals surface area (Å²) in [4.78, 5) is 18.6. The summed E-state index contributed by atoms with van der Waals surface area (Å²) in [5.41, 5.74) is 2.22. The van der Waals surface area contributed by atoms with E-state index in [0.29, 0.717) is 12.4 Å². The molecule has 0 saturated carbocycles. The average Bonchev–Trinajstić information content (AvgIpc) is 2.63. The number of aryl methyl sites for hydroxylation is 1. The maximum Gasteiger partial charge on any atom is 0.228 e. The number of halogens is 1. The fraction of sp³-hybridized carbons (Fsp3) is 0.368. The number of anilines is 2. The van der Waals surface area contributed by atoms with Crippen LogP contribution in [0.25, 0.3) is 0 Å². The van der Waals surface area contributed by atoms with E-state index in [9.17, 15) is 4.79 Å². The number of ether oxygens (including phenoxy) is 1. The van der Waals surface area contributed by atoms with Gasteiger partial charge in [-0.25, -0.2) is 4.98 Å². The molecule has 3 rings (SSSR count). The van der Waals surface area contributed by atoms with Crippen LogP contribution < -0.4 is 20.3 Å². The average molecular weight is 377 g/mol. The van der Waals surface area contributed by atoms with Gasteiger partial charge in [0.2, 0.25) is 5.91 Å². The number of carbonyl (C=O) groups is 1. The Labute approximate surface area is 160 Å². The van der Waals surface area contributed by atoms with Crippen molar-refractivity contribution in [1.29, 1.82) is 0 Å². The van der Waals surface area contributed by atoms with Crippen LogP contribution in [-0.4, -0.2) is 43.7 Å². The van der Waals surface area contributed by atoms with Crippen LogP contribution >= 0.6 is 12.4 Å². The van der Waals surface area contributed by atoms with Gasteiger partial charge < -0.3 is 20.3 Å². The van der Waals surface area contributed by atoms with Crippen molar-refractivity contribution in [2.45, 2.75) is 13.3 Å². The lowest BCUT2D eigenvalue weighted by atomic mass is 10.2. The van der Waals surface area contributed by atoms with Gasteiger partial charge in [-0.2, -0.15) is 0 Å². The molecular weight excluding hydrogens is 352 g/mol. The summed E-state index contributed by atoms with van der Waals surface area (Å²) >= 11 is 0. The smallest absolute Gasteiger partial charge is 0.228 e. The van der Waals surface area contributed by atoms with Crippen LogP contribution in [0, 0.1) is 6.92 Å². The molecule has 1 aliphatic rings. The van der Waals surface area contributed by atoms with E-state index < -0.39 is 0 Å². The topological polar surface area (TPSA) is 66.5 Å². The van der Waals surface area contributed by atoms with Crippen LogP contribution in [0.3, 0.4) is 0 Å². The SMILES string of the molecule is Cc1cccc(OCCC(=O)Nc2ccc(N3CCNCC3)cn2)c1.Cl. The van der Waals surface area contributed by atoms with E-state index in [0.717, 1.165) is 43.2 Å². The molecule has 0 spiro atoms. The zero-order valence-corrected chi connectivity index (χ0v) is 15.7. The lowest BCUT2D eigenvalue weighted by Gasteiger charge is -2.29. The minimum absolute atomic E-state index is 0. The normalized spacial score (nSPS) is 13.7. The van der Waals surface area contributed by atoms with E-state index in [-0.39, 0.29) is 24.7 Å². The fourth-order valence-electron chi connectivity index (χ4n) is 2.74. The molecule has 6 nitrogen and oxygen atoms in total. The van der Waals surface area contributed by atoms with E-state index in [1.165, 1.54) is 0 Å². The summed E-state index contributed by atoms with van der Waals surface area (Å²) in [5, 5.41) is 6.13. The molecule has 1 saturated heterocycles. The number of aromatic nitrogens is 1. The number of benzene rings is 1. The van der Waals surface area contributed by atoms with Gasteiger partial charge in [0.05, 0.1) is 24.9 Å². The molecule has 2 heterocycles. The van der Waals surface area contributed by atoms with E-state index in [1.807, 2.05) is 49.5 Å². The number of piperazine rings is 1. The Balaban J connectivity index is 0.00000243. The monoisotopic (exact) mass is 376 g/mol. The summed E-state index contributed by atoms with van der Waals surface area (Å²) < 4.78 is 5.60. The standard InChI is InChI=1S/C19H24N4O2.ClH/c1-15-3-2-4-17(13-15)25-12-7-19(24)22-18-6-5-16(14-21-18)23-10-8-20-9-11-23;/h2-6,13-14,20H,7-12H2,1H3,(H,21,22,24);1H. The number of amides is 1. The van der Waals surface area contributed by atoms with Crippen molar-refractivity contribution in [3.63, 3.8) is 0 Å². The van der Waals surface area contributed by atoms with Gasteiger partial charge in [0.25, 0.3) is 0 Å². The van der Waals surface area contributed by atoms with E-state index in [2.05, 4.69) is 20.5 Å². The molecule has 7 heteroatoms. The number of nitrogens with one attached hydrogen (secondary N) is 2. The highest BCUT2D eigenvalue weighted by Crippen LogP contribution is 2.16. The van der Waals surface area contributed by atoms with E-state index >= 15 is 0 Å². The Bertz CT molecular complexity index is 703. The minimum atomic E-state index is -0.102. The Morgan fingerprint density at radius 3 is 2.77 bits per heavy atom. The molecule has 0 radical (unpaired) electrons. The number of rotatable bonds is 6. The lowest BCUT2D eigenvalue weighted by Crippen LogP contribution is -2.43. The first kappa shape index (κ1) is 20.0. The van der Waals surface area contributed by atoms with Crippen LogP contribution in [0.5, 0.6) is 5.75 Å². The molecule has 0 aliphatic carbocycles. The summed E-state index contributed by atoms with van der Waals surface area (Å²) in [6.07, 6.45) is 2.10. The summed E-state index contributed by atoms with van der Waals surface area (Å²) in [6, 6.07) is 11.6. The minimum Gasteiger partial charge on any atom is -0.493 e. The third kappa shape index (κ3) is 5.89. The van der Waals surface area contributed by atoms with Crippen LogP contribution in [0.15, 0.2) is 42.6 Å². The van der Waals surface area contributed by atoms with Gasteiger partial charge in [0.15, 0.2) is 0 Å². The molecule has 1 amide bonds. The highest BCUT2D eigenvalue weighted by Gasteiger charge is 2.11. The van der Waals surface area contributed by atoms with Crippen molar-refractivity contribution in [3.8, 4) is 5.75 Å². The maximum atomic E-state index is 12.0. The first-order chi connectivity index (χ1) is 12.2. The largest absolute Gasteiger partial charge is 0.493 e. The molecule has 1 aliphatic heterocycles. The molecule has 140 valence electrons. The van der Waals surface area contributed by atoms with Crippen molar-refractivity contribution in [3.05, 3.63) is 48.2 Å². The number of hydrogen-bond acceptors (Lipinski definition) is 5. The molecule has 0 unspecified atom stereocenters. The second kappa shape index (κ2) is 9.99. The van der Waals surface area contributed by atoms with Gasteiger partial charge in [-0.3, -0.25) is 4.79 Å². The van der Waals surface area contributed by atoms with Crippen LogP contribution in [0.2, 0.25) is 0 Å². The highest BCUT2D eigenvalue weighted by molar-refractivity contribution is 5.89. The van der Waals surface area contributed by atoms with Crippen LogP contribution in [0.1, 0.15) is 12.0 Å². The molecule has 0 atom stereocenters. The number of nitrogens with zero attached hydrogens (tertiary/aromatic N) is 2. The van der Waals surface area contributed by atoms with E-state index in [4.69, 9.17) is 4.74 Å². The Morgan fingerprint density at radius 1 is 1.27 bits per heavy atom. The number of pyridine rings is 1.